The maximum atomic E-state index is 12.1. The SMILES string of the molecule is CC(=O)N[C@H](C(=O)N[C@@H](C)C(=O)N[C@@H](C=O)CC(=O)O)C(C)C. The summed E-state index contributed by atoms with van der Waals surface area (Å²) >= 11 is 0. The number of carbonyl (C=O) groups excluding carboxylic acids is 4. The lowest BCUT2D eigenvalue weighted by atomic mass is 10.0. The molecule has 0 aromatic heterocycles. The minimum absolute atomic E-state index is 0.191. The van der Waals surface area contributed by atoms with E-state index in [0.717, 1.165) is 0 Å². The first-order chi connectivity index (χ1) is 10.6. The van der Waals surface area contributed by atoms with E-state index in [-0.39, 0.29) is 11.8 Å². The van der Waals surface area contributed by atoms with Gasteiger partial charge in [0.15, 0.2) is 0 Å². The molecule has 0 aliphatic rings. The third kappa shape index (κ3) is 7.93. The van der Waals surface area contributed by atoms with Crippen molar-refractivity contribution in [3.8, 4) is 0 Å². The summed E-state index contributed by atoms with van der Waals surface area (Å²) in [5.74, 6) is -3.03. The lowest BCUT2D eigenvalue weighted by molar-refractivity contribution is -0.139. The van der Waals surface area contributed by atoms with Crippen LogP contribution in [0.3, 0.4) is 0 Å². The summed E-state index contributed by atoms with van der Waals surface area (Å²) in [6.07, 6.45) is -0.231. The van der Waals surface area contributed by atoms with Crippen LogP contribution in [0.4, 0.5) is 0 Å². The minimum atomic E-state index is -1.23. The quantitative estimate of drug-likeness (QED) is 0.392. The Kier molecular flexibility index (Phi) is 8.53. The second-order valence-corrected chi connectivity index (χ2v) is 5.50. The Morgan fingerprint density at radius 2 is 1.57 bits per heavy atom. The van der Waals surface area contributed by atoms with E-state index in [1.54, 1.807) is 13.8 Å². The summed E-state index contributed by atoms with van der Waals surface area (Å²) in [6, 6.07) is -2.96. The van der Waals surface area contributed by atoms with Crippen molar-refractivity contribution in [1.82, 2.24) is 16.0 Å². The molecule has 0 rings (SSSR count). The summed E-state index contributed by atoms with van der Waals surface area (Å²) in [6.45, 7) is 6.14. The summed E-state index contributed by atoms with van der Waals surface area (Å²) in [5, 5.41) is 15.7. The normalized spacial score (nSPS) is 14.3. The van der Waals surface area contributed by atoms with Gasteiger partial charge in [-0.05, 0) is 12.8 Å². The lowest BCUT2D eigenvalue weighted by Gasteiger charge is -2.23. The number of carboxylic acid groups (broad SMARTS) is 1. The number of hydrogen-bond donors (Lipinski definition) is 4. The fraction of sp³-hybridized carbons (Fsp3) is 0.643. The van der Waals surface area contributed by atoms with Crippen molar-refractivity contribution in [3.63, 3.8) is 0 Å². The lowest BCUT2D eigenvalue weighted by Crippen LogP contribution is -2.55. The van der Waals surface area contributed by atoms with E-state index in [1.807, 2.05) is 0 Å². The maximum Gasteiger partial charge on any atom is 0.305 e. The predicted molar refractivity (Wildman–Crippen MR) is 80.3 cm³/mol. The molecular formula is C14H23N3O6. The number of amides is 3. The van der Waals surface area contributed by atoms with Gasteiger partial charge in [0, 0.05) is 6.92 Å². The summed E-state index contributed by atoms with van der Waals surface area (Å²) in [7, 11) is 0. The van der Waals surface area contributed by atoms with Gasteiger partial charge in [-0.25, -0.2) is 0 Å². The van der Waals surface area contributed by atoms with E-state index in [0.29, 0.717) is 6.29 Å². The van der Waals surface area contributed by atoms with Crippen molar-refractivity contribution in [3.05, 3.63) is 0 Å². The van der Waals surface area contributed by atoms with Crippen LogP contribution in [0.1, 0.15) is 34.1 Å². The smallest absolute Gasteiger partial charge is 0.305 e. The molecule has 130 valence electrons. The van der Waals surface area contributed by atoms with Gasteiger partial charge in [-0.1, -0.05) is 13.8 Å². The molecule has 0 aromatic rings. The average molecular weight is 329 g/mol. The molecule has 3 atom stereocenters. The molecule has 0 aliphatic heterocycles. The molecule has 9 heteroatoms. The number of nitrogens with one attached hydrogen (secondary N) is 3. The predicted octanol–water partition coefficient (Wildman–Crippen LogP) is -1.19. The van der Waals surface area contributed by atoms with Crippen molar-refractivity contribution in [2.75, 3.05) is 0 Å². The van der Waals surface area contributed by atoms with E-state index in [1.165, 1.54) is 13.8 Å². The first kappa shape index (κ1) is 20.6. The van der Waals surface area contributed by atoms with Gasteiger partial charge in [-0.3, -0.25) is 19.2 Å². The van der Waals surface area contributed by atoms with Crippen molar-refractivity contribution in [2.45, 2.75) is 52.2 Å². The molecule has 0 spiro atoms. The Morgan fingerprint density at radius 3 is 1.96 bits per heavy atom. The van der Waals surface area contributed by atoms with Gasteiger partial charge in [-0.15, -0.1) is 0 Å². The Hall–Kier alpha value is -2.45. The highest BCUT2D eigenvalue weighted by atomic mass is 16.4. The van der Waals surface area contributed by atoms with Gasteiger partial charge in [0.2, 0.25) is 17.7 Å². The van der Waals surface area contributed by atoms with Crippen LogP contribution in [0, 0.1) is 5.92 Å². The highest BCUT2D eigenvalue weighted by Crippen LogP contribution is 2.02. The minimum Gasteiger partial charge on any atom is -0.481 e. The highest BCUT2D eigenvalue weighted by molar-refractivity contribution is 5.92. The van der Waals surface area contributed by atoms with Crippen LogP contribution in [0.25, 0.3) is 0 Å². The molecule has 0 fully saturated rings. The standard InChI is InChI=1S/C14H23N3O6/c1-7(2)12(16-9(4)19)14(23)15-8(3)13(22)17-10(6-18)5-11(20)21/h6-8,10,12H,5H2,1-4H3,(H,15,23)(H,16,19)(H,17,22)(H,20,21)/t8-,10+,12-/m0/s1. The van der Waals surface area contributed by atoms with E-state index < -0.39 is 42.3 Å². The van der Waals surface area contributed by atoms with Gasteiger partial charge in [0.25, 0.3) is 0 Å². The van der Waals surface area contributed by atoms with Gasteiger partial charge in [0.1, 0.15) is 18.4 Å². The maximum absolute atomic E-state index is 12.1. The Bertz CT molecular complexity index is 477. The first-order valence-corrected chi connectivity index (χ1v) is 7.13. The molecule has 0 saturated heterocycles. The molecule has 0 bridgehead atoms. The number of hydrogen-bond acceptors (Lipinski definition) is 5. The Labute approximate surface area is 134 Å². The van der Waals surface area contributed by atoms with Crippen LogP contribution >= 0.6 is 0 Å². The number of aliphatic carboxylic acids is 1. The number of carboxylic acids is 1. The molecular weight excluding hydrogens is 306 g/mol. The Morgan fingerprint density at radius 1 is 1.00 bits per heavy atom. The monoisotopic (exact) mass is 329 g/mol. The van der Waals surface area contributed by atoms with E-state index in [4.69, 9.17) is 5.11 Å². The first-order valence-electron chi connectivity index (χ1n) is 7.13. The second-order valence-electron chi connectivity index (χ2n) is 5.50. The molecule has 0 unspecified atom stereocenters. The number of carbonyl (C=O) groups is 5. The summed E-state index contributed by atoms with van der Waals surface area (Å²) in [5.41, 5.74) is 0. The van der Waals surface area contributed by atoms with Crippen molar-refractivity contribution >= 4 is 30.0 Å². The molecule has 9 nitrogen and oxygen atoms in total. The zero-order valence-electron chi connectivity index (χ0n) is 13.6. The number of rotatable bonds is 9. The highest BCUT2D eigenvalue weighted by Gasteiger charge is 2.27. The molecule has 23 heavy (non-hydrogen) atoms. The topological polar surface area (TPSA) is 142 Å². The van der Waals surface area contributed by atoms with Crippen LogP contribution < -0.4 is 16.0 Å². The average Bonchev–Trinajstić information content (AvgIpc) is 2.42. The second kappa shape index (κ2) is 9.54. The third-order valence-corrected chi connectivity index (χ3v) is 2.95. The van der Waals surface area contributed by atoms with Crippen molar-refractivity contribution in [2.24, 2.45) is 5.92 Å². The molecule has 0 heterocycles. The van der Waals surface area contributed by atoms with E-state index in [9.17, 15) is 24.0 Å². The molecule has 0 aliphatic carbocycles. The van der Waals surface area contributed by atoms with Gasteiger partial charge >= 0.3 is 5.97 Å². The van der Waals surface area contributed by atoms with Gasteiger partial charge in [0.05, 0.1) is 12.5 Å². The fourth-order valence-electron chi connectivity index (χ4n) is 1.75. The van der Waals surface area contributed by atoms with Crippen LogP contribution in [-0.2, 0) is 24.0 Å². The third-order valence-electron chi connectivity index (χ3n) is 2.95. The van der Waals surface area contributed by atoms with E-state index >= 15 is 0 Å². The Balaban J connectivity index is 4.70. The van der Waals surface area contributed by atoms with Crippen molar-refractivity contribution in [1.29, 1.82) is 0 Å². The molecule has 0 saturated carbocycles. The van der Waals surface area contributed by atoms with Crippen LogP contribution in [0.5, 0.6) is 0 Å². The fourth-order valence-corrected chi connectivity index (χ4v) is 1.75. The molecule has 4 N–H and O–H groups in total. The van der Waals surface area contributed by atoms with Crippen LogP contribution in [-0.4, -0.2) is 53.2 Å². The van der Waals surface area contributed by atoms with Gasteiger partial charge in [-0.2, -0.15) is 0 Å². The zero-order valence-corrected chi connectivity index (χ0v) is 13.6. The molecule has 3 amide bonds. The summed E-state index contributed by atoms with van der Waals surface area (Å²) < 4.78 is 0. The largest absolute Gasteiger partial charge is 0.481 e. The zero-order chi connectivity index (χ0) is 18.2. The van der Waals surface area contributed by atoms with E-state index in [2.05, 4.69) is 16.0 Å². The summed E-state index contributed by atoms with van der Waals surface area (Å²) in [4.78, 5) is 56.4. The van der Waals surface area contributed by atoms with Crippen LogP contribution in [0.15, 0.2) is 0 Å². The number of aldehydes is 1. The molecule has 0 aromatic carbocycles. The van der Waals surface area contributed by atoms with Crippen LogP contribution in [0.2, 0.25) is 0 Å². The molecule has 0 radical (unpaired) electrons. The van der Waals surface area contributed by atoms with Crippen molar-refractivity contribution < 1.29 is 29.1 Å². The van der Waals surface area contributed by atoms with Gasteiger partial charge < -0.3 is 25.9 Å².